The summed E-state index contributed by atoms with van der Waals surface area (Å²) in [6.07, 6.45) is 3.59. The molecule has 0 spiro atoms. The predicted octanol–water partition coefficient (Wildman–Crippen LogP) is 1.45. The molecule has 1 nitrogen and oxygen atoms in total. The molecule has 0 aromatic carbocycles. The Morgan fingerprint density at radius 1 is 2.00 bits per heavy atom. The molecule has 0 saturated carbocycles. The van der Waals surface area contributed by atoms with Crippen molar-refractivity contribution < 1.29 is 4.79 Å². The average Bonchev–Trinajstić information content (AvgIpc) is 1.65. The number of carbonyl (C=O) groups excluding carboxylic acids is 1. The first-order valence-electron chi connectivity index (χ1n) is 1.81. The lowest BCUT2D eigenvalue weighted by Gasteiger charge is -1.74. The Balaban J connectivity index is 3.58. The SMILES string of the molecule is C=[P+](C)C(=O)CBr. The third kappa shape index (κ3) is 2.95. The fourth-order valence-corrected chi connectivity index (χ4v) is 1.59. The zero-order valence-corrected chi connectivity index (χ0v) is 6.63. The minimum absolute atomic E-state index is 0.218. The molecular weight excluding hydrogens is 175 g/mol. The highest BCUT2D eigenvalue weighted by molar-refractivity contribution is 9.09. The van der Waals surface area contributed by atoms with E-state index in [4.69, 9.17) is 0 Å². The van der Waals surface area contributed by atoms with Crippen LogP contribution in [0.25, 0.3) is 0 Å². The number of hydrogen-bond donors (Lipinski definition) is 0. The summed E-state index contributed by atoms with van der Waals surface area (Å²) in [7, 11) is -0.598. The Morgan fingerprint density at radius 2 is 2.43 bits per heavy atom. The molecule has 0 heterocycles. The fourth-order valence-electron chi connectivity index (χ4n) is 0.102. The maximum Gasteiger partial charge on any atom is 0.332 e. The lowest BCUT2D eigenvalue weighted by molar-refractivity contribution is -0.109. The molecule has 0 N–H and O–H groups in total. The number of carbonyl (C=O) groups is 1. The van der Waals surface area contributed by atoms with E-state index in [1.807, 2.05) is 6.66 Å². The first-order chi connectivity index (χ1) is 3.18. The van der Waals surface area contributed by atoms with Crippen LogP contribution in [-0.2, 0) is 4.79 Å². The van der Waals surface area contributed by atoms with Crippen LogP contribution in [0.3, 0.4) is 0 Å². The molecule has 0 aromatic rings. The monoisotopic (exact) mass is 181 g/mol. The molecule has 0 saturated heterocycles. The van der Waals surface area contributed by atoms with Crippen LogP contribution < -0.4 is 0 Å². The van der Waals surface area contributed by atoms with Gasteiger partial charge in [-0.25, -0.2) is 4.79 Å². The van der Waals surface area contributed by atoms with Gasteiger partial charge in [0, 0.05) is 0 Å². The van der Waals surface area contributed by atoms with Crippen molar-refractivity contribution in [3.8, 4) is 0 Å². The smallest absolute Gasteiger partial charge is 0.243 e. The van der Waals surface area contributed by atoms with Gasteiger partial charge >= 0.3 is 5.52 Å². The van der Waals surface area contributed by atoms with Gasteiger partial charge in [-0.05, 0) is 0 Å². The van der Waals surface area contributed by atoms with Gasteiger partial charge in [0.15, 0.2) is 7.55 Å². The van der Waals surface area contributed by atoms with Crippen LogP contribution in [0.4, 0.5) is 0 Å². The Labute approximate surface area is 52.6 Å². The maximum absolute atomic E-state index is 10.4. The third-order valence-corrected chi connectivity index (χ3v) is 2.49. The van der Waals surface area contributed by atoms with Crippen LogP contribution in [0.2, 0.25) is 0 Å². The van der Waals surface area contributed by atoms with Gasteiger partial charge in [0.25, 0.3) is 0 Å². The molecular formula is C4H7BrOP+. The Morgan fingerprint density at radius 3 is 2.43 bits per heavy atom. The van der Waals surface area contributed by atoms with Crippen molar-refractivity contribution in [1.29, 1.82) is 0 Å². The van der Waals surface area contributed by atoms with E-state index >= 15 is 0 Å². The van der Waals surface area contributed by atoms with Gasteiger partial charge in [0.05, 0.1) is 6.30 Å². The number of rotatable bonds is 2. The molecule has 0 aromatic heterocycles. The van der Waals surface area contributed by atoms with Gasteiger partial charge in [-0.3, -0.25) is 0 Å². The van der Waals surface area contributed by atoms with Crippen LogP contribution >= 0.6 is 23.5 Å². The molecule has 7 heavy (non-hydrogen) atoms. The van der Waals surface area contributed by atoms with E-state index in [1.165, 1.54) is 0 Å². The summed E-state index contributed by atoms with van der Waals surface area (Å²) in [4.78, 5) is 10.4. The fraction of sp³-hybridized carbons (Fsp3) is 0.500. The Bertz CT molecular complexity index is 99.9. The standard InChI is InChI=1S/C4H7BrOP/c1-7(2)4(6)3-5/h1,3H2,2H3/q+1. The maximum atomic E-state index is 10.4. The first-order valence-corrected chi connectivity index (χ1v) is 4.91. The second-order valence-corrected chi connectivity index (χ2v) is 3.68. The summed E-state index contributed by atoms with van der Waals surface area (Å²) in [5.74, 6) is 0. The lowest BCUT2D eigenvalue weighted by atomic mass is 10.9. The van der Waals surface area contributed by atoms with Gasteiger partial charge in [-0.2, -0.15) is 0 Å². The summed E-state index contributed by atoms with van der Waals surface area (Å²) in [6, 6.07) is 0. The van der Waals surface area contributed by atoms with Crippen LogP contribution in [-0.4, -0.2) is 23.8 Å². The third-order valence-electron chi connectivity index (χ3n) is 0.540. The molecule has 0 fully saturated rings. The summed E-state index contributed by atoms with van der Waals surface area (Å²) < 4.78 is 0. The highest BCUT2D eigenvalue weighted by atomic mass is 79.9. The van der Waals surface area contributed by atoms with Crippen molar-refractivity contribution >= 4 is 35.3 Å². The van der Waals surface area contributed by atoms with Crippen molar-refractivity contribution in [2.24, 2.45) is 0 Å². The topological polar surface area (TPSA) is 17.1 Å². The van der Waals surface area contributed by atoms with E-state index in [1.54, 1.807) is 0 Å². The van der Waals surface area contributed by atoms with Crippen LogP contribution in [0.15, 0.2) is 0 Å². The van der Waals surface area contributed by atoms with Gasteiger partial charge < -0.3 is 0 Å². The van der Waals surface area contributed by atoms with E-state index in [2.05, 4.69) is 22.2 Å². The molecule has 0 amide bonds. The highest BCUT2D eigenvalue weighted by Crippen LogP contribution is 2.14. The molecule has 0 rings (SSSR count). The summed E-state index contributed by atoms with van der Waals surface area (Å²) in [6.45, 7) is 1.85. The number of halogens is 1. The average molecular weight is 182 g/mol. The van der Waals surface area contributed by atoms with E-state index < -0.39 is 7.55 Å². The normalized spacial score (nSPS) is 10.9. The van der Waals surface area contributed by atoms with E-state index in [0.29, 0.717) is 5.33 Å². The molecule has 0 aliphatic heterocycles. The van der Waals surface area contributed by atoms with Crippen molar-refractivity contribution in [3.05, 3.63) is 0 Å². The molecule has 1 unspecified atom stereocenters. The largest absolute Gasteiger partial charge is 0.332 e. The molecule has 3 heteroatoms. The van der Waals surface area contributed by atoms with Gasteiger partial charge in [0.1, 0.15) is 12.0 Å². The molecule has 1 atom stereocenters. The molecule has 40 valence electrons. The highest BCUT2D eigenvalue weighted by Gasteiger charge is 2.08. The summed E-state index contributed by atoms with van der Waals surface area (Å²) >= 11 is 3.04. The van der Waals surface area contributed by atoms with Crippen molar-refractivity contribution in [1.82, 2.24) is 0 Å². The molecule has 0 radical (unpaired) electrons. The van der Waals surface area contributed by atoms with E-state index in [-0.39, 0.29) is 5.52 Å². The lowest BCUT2D eigenvalue weighted by Crippen LogP contribution is -1.88. The quantitative estimate of drug-likeness (QED) is 0.466. The molecule has 0 aliphatic rings. The second-order valence-electron chi connectivity index (χ2n) is 1.23. The number of alkyl halides is 1. The van der Waals surface area contributed by atoms with Crippen molar-refractivity contribution in [2.75, 3.05) is 12.0 Å². The molecule has 0 aliphatic carbocycles. The van der Waals surface area contributed by atoms with Gasteiger partial charge in [-0.15, -0.1) is 0 Å². The summed E-state index contributed by atoms with van der Waals surface area (Å²) in [5.41, 5.74) is 0.218. The van der Waals surface area contributed by atoms with Gasteiger partial charge in [-0.1, -0.05) is 15.9 Å². The molecule has 0 bridgehead atoms. The summed E-state index contributed by atoms with van der Waals surface area (Å²) in [5, 5.41) is 0.457. The van der Waals surface area contributed by atoms with Crippen LogP contribution in [0.5, 0.6) is 0 Å². The zero-order valence-electron chi connectivity index (χ0n) is 4.15. The number of hydrogen-bond acceptors (Lipinski definition) is 1. The van der Waals surface area contributed by atoms with E-state index in [0.717, 1.165) is 0 Å². The minimum Gasteiger partial charge on any atom is -0.243 e. The first kappa shape index (κ1) is 7.32. The van der Waals surface area contributed by atoms with Crippen LogP contribution in [0.1, 0.15) is 0 Å². The predicted molar refractivity (Wildman–Crippen MR) is 38.8 cm³/mol. The van der Waals surface area contributed by atoms with Gasteiger partial charge in [0.2, 0.25) is 0 Å². The minimum atomic E-state index is -0.598. The zero-order chi connectivity index (χ0) is 5.86. The van der Waals surface area contributed by atoms with Crippen molar-refractivity contribution in [3.63, 3.8) is 0 Å². The second kappa shape index (κ2) is 3.34. The van der Waals surface area contributed by atoms with E-state index in [9.17, 15) is 4.79 Å². The van der Waals surface area contributed by atoms with Crippen LogP contribution in [0, 0.1) is 0 Å². The Kier molecular flexibility index (Phi) is 3.49. The van der Waals surface area contributed by atoms with Crippen molar-refractivity contribution in [2.45, 2.75) is 0 Å². The Hall–Kier alpha value is 0.320.